The van der Waals surface area contributed by atoms with Crippen molar-refractivity contribution < 1.29 is 31.4 Å². The monoisotopic (exact) mass is 473 g/mol. The molecule has 3 nitrogen and oxygen atoms in total. The summed E-state index contributed by atoms with van der Waals surface area (Å²) in [5.41, 5.74) is 2.63. The molecule has 0 unspecified atom stereocenters. The molecule has 5 heteroatoms. The van der Waals surface area contributed by atoms with Gasteiger partial charge in [0.15, 0.2) is 24.7 Å². The van der Waals surface area contributed by atoms with Crippen molar-refractivity contribution in [1.82, 2.24) is 0 Å². The van der Waals surface area contributed by atoms with Crippen LogP contribution < -0.4 is 21.5 Å². The van der Waals surface area contributed by atoms with Crippen LogP contribution in [0, 0.1) is 0 Å². The maximum absolute atomic E-state index is 12.1. The molecule has 1 aromatic heterocycles. The number of aromatic nitrogens is 1. The van der Waals surface area contributed by atoms with E-state index in [-0.39, 0.29) is 28.5 Å². The van der Waals surface area contributed by atoms with Crippen LogP contribution in [0.1, 0.15) is 21.5 Å². The first-order valence-corrected chi connectivity index (χ1v) is 8.64. The molecule has 0 saturated carbocycles. The largest absolute Gasteiger partial charge is 1.00 e. The third kappa shape index (κ3) is 5.64. The highest BCUT2D eigenvalue weighted by Gasteiger charge is 2.04. The van der Waals surface area contributed by atoms with E-state index in [9.17, 15) is 9.90 Å². The minimum atomic E-state index is -0.137. The summed E-state index contributed by atoms with van der Waals surface area (Å²) in [5, 5.41) is 9.43. The minimum Gasteiger partial charge on any atom is -1.00 e. The SMILES string of the molecule is O=C(/C=C/c1cc[n+](Cc2ccc(Br)cc2)cc1)c1cccc(O)c1.[Br-]. The summed E-state index contributed by atoms with van der Waals surface area (Å²) in [4.78, 5) is 12.1. The fourth-order valence-electron chi connectivity index (χ4n) is 2.41. The van der Waals surface area contributed by atoms with Crippen molar-refractivity contribution in [1.29, 1.82) is 0 Å². The van der Waals surface area contributed by atoms with Crippen molar-refractivity contribution in [2.24, 2.45) is 0 Å². The average molecular weight is 475 g/mol. The van der Waals surface area contributed by atoms with E-state index in [1.165, 1.54) is 17.7 Å². The van der Waals surface area contributed by atoms with Gasteiger partial charge in [0.2, 0.25) is 0 Å². The molecule has 26 heavy (non-hydrogen) atoms. The lowest BCUT2D eigenvalue weighted by Gasteiger charge is -1.99. The maximum atomic E-state index is 12.1. The molecule has 0 amide bonds. The zero-order chi connectivity index (χ0) is 17.6. The molecule has 0 spiro atoms. The summed E-state index contributed by atoms with van der Waals surface area (Å²) in [5.74, 6) is -0.0459. The highest BCUT2D eigenvalue weighted by molar-refractivity contribution is 9.10. The Morgan fingerprint density at radius 2 is 1.73 bits per heavy atom. The Labute approximate surface area is 171 Å². The Morgan fingerprint density at radius 1 is 1.04 bits per heavy atom. The fraction of sp³-hybridized carbons (Fsp3) is 0.0476. The number of phenols is 1. The number of hydrogen-bond donors (Lipinski definition) is 1. The van der Waals surface area contributed by atoms with E-state index in [1.54, 1.807) is 24.3 Å². The van der Waals surface area contributed by atoms with Crippen molar-refractivity contribution in [2.45, 2.75) is 6.54 Å². The van der Waals surface area contributed by atoms with E-state index in [2.05, 4.69) is 32.6 Å². The second-order valence-electron chi connectivity index (χ2n) is 5.68. The number of halogens is 2. The zero-order valence-corrected chi connectivity index (χ0v) is 17.0. The molecule has 0 radical (unpaired) electrons. The number of phenolic OH excluding ortho intramolecular Hbond substituents is 1. The Bertz CT molecular complexity index is 904. The van der Waals surface area contributed by atoms with Crippen LogP contribution in [0.5, 0.6) is 5.75 Å². The van der Waals surface area contributed by atoms with Gasteiger partial charge < -0.3 is 22.1 Å². The topological polar surface area (TPSA) is 41.2 Å². The van der Waals surface area contributed by atoms with Crippen LogP contribution in [-0.2, 0) is 6.54 Å². The second-order valence-corrected chi connectivity index (χ2v) is 6.59. The second kappa shape index (κ2) is 9.46. The molecule has 132 valence electrons. The van der Waals surface area contributed by atoms with Crippen LogP contribution >= 0.6 is 15.9 Å². The van der Waals surface area contributed by atoms with Crippen LogP contribution in [-0.4, -0.2) is 10.9 Å². The summed E-state index contributed by atoms with van der Waals surface area (Å²) in [6.07, 6.45) is 7.26. The molecule has 1 heterocycles. The predicted octanol–water partition coefficient (Wildman–Crippen LogP) is 1.39. The number of benzene rings is 2. The molecule has 2 aromatic carbocycles. The standard InChI is InChI=1S/C21H16BrNO2.BrH/c22-19-7-4-17(5-8-19)15-23-12-10-16(11-13-23)6-9-21(25)18-2-1-3-20(24)14-18;/h1-14H,15H2;1H/b9-6+;. The molecule has 0 fully saturated rings. The first-order valence-electron chi connectivity index (χ1n) is 7.85. The number of carbonyl (C=O) groups is 1. The Morgan fingerprint density at radius 3 is 2.38 bits per heavy atom. The number of aromatic hydroxyl groups is 1. The molecule has 0 bridgehead atoms. The molecule has 1 N–H and O–H groups in total. The predicted molar refractivity (Wildman–Crippen MR) is 101 cm³/mol. The molecular formula is C21H17Br2NO2. The van der Waals surface area contributed by atoms with E-state index < -0.39 is 0 Å². The van der Waals surface area contributed by atoms with Crippen molar-refractivity contribution >= 4 is 27.8 Å². The average Bonchev–Trinajstić information content (AvgIpc) is 2.63. The summed E-state index contributed by atoms with van der Waals surface area (Å²) < 4.78 is 3.15. The third-order valence-corrected chi connectivity index (χ3v) is 4.28. The number of carbonyl (C=O) groups excluding carboxylic acids is 1. The first kappa shape index (κ1) is 20.1. The van der Waals surface area contributed by atoms with Gasteiger partial charge >= 0.3 is 0 Å². The molecule has 0 atom stereocenters. The molecule has 3 rings (SSSR count). The van der Waals surface area contributed by atoms with Gasteiger partial charge in [0, 0.05) is 27.7 Å². The van der Waals surface area contributed by atoms with Crippen molar-refractivity contribution in [3.8, 4) is 5.75 Å². The van der Waals surface area contributed by atoms with Crippen LogP contribution in [0.3, 0.4) is 0 Å². The lowest BCUT2D eigenvalue weighted by atomic mass is 10.1. The number of ketones is 1. The third-order valence-electron chi connectivity index (χ3n) is 3.75. The number of hydrogen-bond acceptors (Lipinski definition) is 2. The van der Waals surface area contributed by atoms with Gasteiger partial charge in [-0.3, -0.25) is 4.79 Å². The Kier molecular flexibility index (Phi) is 7.30. The van der Waals surface area contributed by atoms with E-state index in [1.807, 2.05) is 36.7 Å². The van der Waals surface area contributed by atoms with Crippen LogP contribution in [0.25, 0.3) is 6.08 Å². The van der Waals surface area contributed by atoms with Crippen LogP contribution in [0.15, 0.2) is 83.6 Å². The van der Waals surface area contributed by atoms with E-state index in [0.717, 1.165) is 16.6 Å². The molecule has 0 saturated heterocycles. The van der Waals surface area contributed by atoms with E-state index >= 15 is 0 Å². The van der Waals surface area contributed by atoms with Crippen molar-refractivity contribution in [2.75, 3.05) is 0 Å². The number of rotatable bonds is 5. The van der Waals surface area contributed by atoms with Crippen LogP contribution in [0.2, 0.25) is 0 Å². The van der Waals surface area contributed by atoms with E-state index in [0.29, 0.717) is 5.56 Å². The molecule has 0 aliphatic rings. The van der Waals surface area contributed by atoms with Gasteiger partial charge in [0.1, 0.15) is 5.75 Å². The lowest BCUT2D eigenvalue weighted by Crippen LogP contribution is -3.00. The van der Waals surface area contributed by atoms with Gasteiger partial charge in [-0.2, -0.15) is 0 Å². The summed E-state index contributed by atoms with van der Waals surface area (Å²) >= 11 is 3.43. The Hall–Kier alpha value is -2.24. The van der Waals surface area contributed by atoms with Gasteiger partial charge in [0.05, 0.1) is 0 Å². The van der Waals surface area contributed by atoms with Gasteiger partial charge in [0.25, 0.3) is 0 Å². The highest BCUT2D eigenvalue weighted by atomic mass is 79.9. The molecule has 0 aliphatic heterocycles. The molecule has 3 aromatic rings. The quantitative estimate of drug-likeness (QED) is 0.345. The normalized spacial score (nSPS) is 10.5. The number of nitrogens with zero attached hydrogens (tertiary/aromatic N) is 1. The zero-order valence-electron chi connectivity index (χ0n) is 13.8. The summed E-state index contributed by atoms with van der Waals surface area (Å²) in [7, 11) is 0. The van der Waals surface area contributed by atoms with Gasteiger partial charge in [-0.15, -0.1) is 0 Å². The highest BCUT2D eigenvalue weighted by Crippen LogP contribution is 2.13. The molecular weight excluding hydrogens is 458 g/mol. The summed E-state index contributed by atoms with van der Waals surface area (Å²) in [6, 6.07) is 18.5. The van der Waals surface area contributed by atoms with Crippen molar-refractivity contribution in [3.05, 3.63) is 100 Å². The number of allylic oxidation sites excluding steroid dienone is 1. The van der Waals surface area contributed by atoms with Crippen molar-refractivity contribution in [3.63, 3.8) is 0 Å². The Balaban J connectivity index is 0.00000243. The fourth-order valence-corrected chi connectivity index (χ4v) is 2.68. The lowest BCUT2D eigenvalue weighted by molar-refractivity contribution is -0.688. The van der Waals surface area contributed by atoms with Gasteiger partial charge in [-0.1, -0.05) is 46.3 Å². The van der Waals surface area contributed by atoms with Gasteiger partial charge in [-0.05, 0) is 35.9 Å². The summed E-state index contributed by atoms with van der Waals surface area (Å²) in [6.45, 7) is 0.791. The maximum Gasteiger partial charge on any atom is 0.185 e. The first-order chi connectivity index (χ1) is 12.1. The van der Waals surface area contributed by atoms with Crippen LogP contribution in [0.4, 0.5) is 0 Å². The molecule has 0 aliphatic carbocycles. The smallest absolute Gasteiger partial charge is 0.185 e. The van der Waals surface area contributed by atoms with E-state index in [4.69, 9.17) is 0 Å². The number of pyridine rings is 1. The van der Waals surface area contributed by atoms with Gasteiger partial charge in [-0.25, -0.2) is 4.57 Å². The minimum absolute atomic E-state index is 0.